The highest BCUT2D eigenvalue weighted by Gasteiger charge is 2.10. The topological polar surface area (TPSA) is 35.5 Å². The smallest absolute Gasteiger partial charge is 0.200 e. The fourth-order valence-corrected chi connectivity index (χ4v) is 1.89. The molecule has 0 atom stereocenters. The summed E-state index contributed by atoms with van der Waals surface area (Å²) in [6.07, 6.45) is 0. The van der Waals surface area contributed by atoms with Crippen molar-refractivity contribution in [1.82, 2.24) is 0 Å². The maximum Gasteiger partial charge on any atom is 0.200 e. The van der Waals surface area contributed by atoms with E-state index < -0.39 is 5.82 Å². The molecule has 0 aromatic heterocycles. The Kier molecular flexibility index (Phi) is 4.58. The van der Waals surface area contributed by atoms with Crippen LogP contribution in [0.3, 0.4) is 0 Å². The first-order chi connectivity index (χ1) is 9.60. The molecule has 0 aliphatic carbocycles. The van der Waals surface area contributed by atoms with Crippen LogP contribution in [0.25, 0.3) is 0 Å². The van der Waals surface area contributed by atoms with Gasteiger partial charge in [0.25, 0.3) is 0 Å². The number of benzene rings is 2. The first-order valence-corrected chi connectivity index (χ1v) is 6.23. The van der Waals surface area contributed by atoms with Gasteiger partial charge in [-0.3, -0.25) is 4.79 Å². The summed E-state index contributed by atoms with van der Waals surface area (Å²) in [5.74, 6) is 0.133. The van der Waals surface area contributed by atoms with E-state index in [9.17, 15) is 9.18 Å². The third-order valence-corrected chi connectivity index (χ3v) is 2.94. The van der Waals surface area contributed by atoms with Crippen LogP contribution in [0, 0.1) is 5.82 Å². The molecule has 0 N–H and O–H groups in total. The summed E-state index contributed by atoms with van der Waals surface area (Å²) >= 11 is 5.94. The fourth-order valence-electron chi connectivity index (χ4n) is 1.63. The lowest BCUT2D eigenvalue weighted by Gasteiger charge is -2.07. The fraction of sp³-hybridized carbons (Fsp3) is 0.133. The third kappa shape index (κ3) is 3.48. The standard InChI is InChI=1S/C15H12ClFO3/c1-19-15-6-5-10(7-13(15)16)14(18)9-20-12-4-2-3-11(17)8-12/h2-8H,9H2,1H3. The molecule has 0 bridgehead atoms. The predicted molar refractivity (Wildman–Crippen MR) is 74.2 cm³/mol. The molecule has 2 aromatic carbocycles. The molecule has 0 aliphatic rings. The molecular formula is C15H12ClFO3. The molecule has 0 saturated heterocycles. The van der Waals surface area contributed by atoms with Gasteiger partial charge in [0.15, 0.2) is 12.4 Å². The predicted octanol–water partition coefficient (Wildman–Crippen LogP) is 3.75. The molecule has 0 spiro atoms. The Balaban J connectivity index is 2.03. The number of carbonyl (C=O) groups excluding carboxylic acids is 1. The zero-order chi connectivity index (χ0) is 14.5. The second kappa shape index (κ2) is 6.39. The lowest BCUT2D eigenvalue weighted by Crippen LogP contribution is -2.11. The van der Waals surface area contributed by atoms with Crippen LogP contribution < -0.4 is 9.47 Å². The lowest BCUT2D eigenvalue weighted by atomic mass is 10.1. The van der Waals surface area contributed by atoms with Crippen molar-refractivity contribution in [3.63, 3.8) is 0 Å². The summed E-state index contributed by atoms with van der Waals surface area (Å²) < 4.78 is 23.2. The molecule has 0 aliphatic heterocycles. The van der Waals surface area contributed by atoms with Gasteiger partial charge < -0.3 is 9.47 Å². The number of hydrogen-bond acceptors (Lipinski definition) is 3. The van der Waals surface area contributed by atoms with Crippen LogP contribution in [-0.2, 0) is 0 Å². The van der Waals surface area contributed by atoms with Gasteiger partial charge >= 0.3 is 0 Å². The maximum absolute atomic E-state index is 13.0. The summed E-state index contributed by atoms with van der Waals surface area (Å²) in [5, 5.41) is 0.351. The number of carbonyl (C=O) groups is 1. The first kappa shape index (κ1) is 14.3. The Morgan fingerprint density at radius 1 is 1.25 bits per heavy atom. The van der Waals surface area contributed by atoms with Crippen LogP contribution in [0.4, 0.5) is 4.39 Å². The lowest BCUT2D eigenvalue weighted by molar-refractivity contribution is 0.0921. The summed E-state index contributed by atoms with van der Waals surface area (Å²) in [6.45, 7) is -0.188. The average Bonchev–Trinajstić information content (AvgIpc) is 2.44. The zero-order valence-corrected chi connectivity index (χ0v) is 11.5. The van der Waals surface area contributed by atoms with Crippen LogP contribution >= 0.6 is 11.6 Å². The third-order valence-electron chi connectivity index (χ3n) is 2.64. The number of rotatable bonds is 5. The van der Waals surface area contributed by atoms with Gasteiger partial charge in [-0.15, -0.1) is 0 Å². The highest BCUT2D eigenvalue weighted by molar-refractivity contribution is 6.32. The average molecular weight is 295 g/mol. The second-order valence-corrected chi connectivity index (χ2v) is 4.43. The number of halogens is 2. The molecule has 2 aromatic rings. The highest BCUT2D eigenvalue weighted by Crippen LogP contribution is 2.25. The van der Waals surface area contributed by atoms with Gasteiger partial charge in [0.05, 0.1) is 12.1 Å². The van der Waals surface area contributed by atoms with Crippen molar-refractivity contribution < 1.29 is 18.7 Å². The van der Waals surface area contributed by atoms with Crippen LogP contribution in [0.15, 0.2) is 42.5 Å². The van der Waals surface area contributed by atoms with E-state index >= 15 is 0 Å². The Bertz CT molecular complexity index is 628. The van der Waals surface area contributed by atoms with Crippen molar-refractivity contribution in [2.75, 3.05) is 13.7 Å². The van der Waals surface area contributed by atoms with Gasteiger partial charge in [0.1, 0.15) is 17.3 Å². The zero-order valence-electron chi connectivity index (χ0n) is 10.7. The van der Waals surface area contributed by atoms with Gasteiger partial charge in [-0.05, 0) is 30.3 Å². The van der Waals surface area contributed by atoms with Crippen LogP contribution in [-0.4, -0.2) is 19.5 Å². The minimum Gasteiger partial charge on any atom is -0.495 e. The maximum atomic E-state index is 13.0. The van der Waals surface area contributed by atoms with Gasteiger partial charge in [-0.2, -0.15) is 0 Å². The van der Waals surface area contributed by atoms with Gasteiger partial charge in [-0.25, -0.2) is 4.39 Å². The molecule has 0 amide bonds. The number of Topliss-reactive ketones (excluding diaryl/α,β-unsaturated/α-hetero) is 1. The molecular weight excluding hydrogens is 283 g/mol. The Morgan fingerprint density at radius 3 is 2.70 bits per heavy atom. The molecule has 2 rings (SSSR count). The van der Waals surface area contributed by atoms with Crippen LogP contribution in [0.5, 0.6) is 11.5 Å². The molecule has 20 heavy (non-hydrogen) atoms. The number of hydrogen-bond donors (Lipinski definition) is 0. The van der Waals surface area contributed by atoms with Crippen molar-refractivity contribution in [1.29, 1.82) is 0 Å². The summed E-state index contributed by atoms with van der Waals surface area (Å²) in [4.78, 5) is 11.9. The second-order valence-electron chi connectivity index (χ2n) is 4.02. The minimum absolute atomic E-state index is 0.188. The molecule has 5 heteroatoms. The van der Waals surface area contributed by atoms with Gasteiger partial charge in [0, 0.05) is 11.6 Å². The molecule has 3 nitrogen and oxygen atoms in total. The number of ether oxygens (including phenoxy) is 2. The summed E-state index contributed by atoms with van der Waals surface area (Å²) in [6, 6.07) is 10.3. The van der Waals surface area contributed by atoms with E-state index in [0.29, 0.717) is 22.1 Å². The van der Waals surface area contributed by atoms with Gasteiger partial charge in [0.2, 0.25) is 0 Å². The Morgan fingerprint density at radius 2 is 2.05 bits per heavy atom. The highest BCUT2D eigenvalue weighted by atomic mass is 35.5. The van der Waals surface area contributed by atoms with Gasteiger partial charge in [-0.1, -0.05) is 17.7 Å². The van der Waals surface area contributed by atoms with Crippen molar-refractivity contribution in [2.45, 2.75) is 0 Å². The number of methoxy groups -OCH3 is 1. The van der Waals surface area contributed by atoms with Crippen molar-refractivity contribution in [3.05, 3.63) is 58.9 Å². The monoisotopic (exact) mass is 294 g/mol. The molecule has 0 heterocycles. The molecule has 0 saturated carbocycles. The van der Waals surface area contributed by atoms with E-state index in [1.54, 1.807) is 18.2 Å². The Hall–Kier alpha value is -2.07. The van der Waals surface area contributed by atoms with E-state index in [4.69, 9.17) is 21.1 Å². The summed E-state index contributed by atoms with van der Waals surface area (Å²) in [7, 11) is 1.50. The molecule has 0 radical (unpaired) electrons. The van der Waals surface area contributed by atoms with Crippen LogP contribution in [0.1, 0.15) is 10.4 Å². The first-order valence-electron chi connectivity index (χ1n) is 5.85. The van der Waals surface area contributed by atoms with E-state index in [-0.39, 0.29) is 12.4 Å². The van der Waals surface area contributed by atoms with E-state index in [1.807, 2.05) is 0 Å². The van der Waals surface area contributed by atoms with Crippen LogP contribution in [0.2, 0.25) is 5.02 Å². The summed E-state index contributed by atoms with van der Waals surface area (Å²) in [5.41, 5.74) is 0.409. The Labute approximate surface area is 120 Å². The SMILES string of the molecule is COc1ccc(C(=O)COc2cccc(F)c2)cc1Cl. The van der Waals surface area contributed by atoms with E-state index in [0.717, 1.165) is 0 Å². The largest absolute Gasteiger partial charge is 0.495 e. The molecule has 0 unspecified atom stereocenters. The number of ketones is 1. The van der Waals surface area contributed by atoms with Crippen molar-refractivity contribution in [3.8, 4) is 11.5 Å². The normalized spacial score (nSPS) is 10.2. The molecule has 0 fully saturated rings. The van der Waals surface area contributed by atoms with Crippen molar-refractivity contribution >= 4 is 17.4 Å². The molecule has 104 valence electrons. The van der Waals surface area contributed by atoms with Crippen molar-refractivity contribution in [2.24, 2.45) is 0 Å². The van der Waals surface area contributed by atoms with E-state index in [2.05, 4.69) is 0 Å². The minimum atomic E-state index is -0.414. The van der Waals surface area contributed by atoms with E-state index in [1.165, 1.54) is 31.4 Å². The quantitative estimate of drug-likeness (QED) is 0.788.